The second-order valence-electron chi connectivity index (χ2n) is 8.02. The lowest BCUT2D eigenvalue weighted by Crippen LogP contribution is -2.39. The zero-order valence-corrected chi connectivity index (χ0v) is 16.6. The summed E-state index contributed by atoms with van der Waals surface area (Å²) in [6, 6.07) is 14.0. The number of carbonyl (C=O) groups excluding carboxylic acids is 1. The second kappa shape index (κ2) is 8.19. The van der Waals surface area contributed by atoms with Crippen molar-refractivity contribution in [2.75, 3.05) is 5.73 Å². The molecule has 1 aliphatic carbocycles. The number of para-hydroxylation sites is 1. The van der Waals surface area contributed by atoms with Gasteiger partial charge in [-0.2, -0.15) is 0 Å². The predicted octanol–water partition coefficient (Wildman–Crippen LogP) is 5.05. The van der Waals surface area contributed by atoms with Crippen LogP contribution in [0.2, 0.25) is 0 Å². The molecule has 150 valence electrons. The number of fused-ring (bicyclic) bond motifs is 1. The molecule has 4 nitrogen and oxygen atoms in total. The van der Waals surface area contributed by atoms with E-state index in [0.29, 0.717) is 23.1 Å². The summed E-state index contributed by atoms with van der Waals surface area (Å²) in [6.07, 6.45) is 5.90. The third kappa shape index (κ3) is 4.09. The van der Waals surface area contributed by atoms with E-state index < -0.39 is 0 Å². The molecule has 0 bridgehead atoms. The molecular weight excluding hydrogens is 365 g/mol. The van der Waals surface area contributed by atoms with Crippen molar-refractivity contribution < 1.29 is 9.18 Å². The molecule has 2 aromatic carbocycles. The number of aromatic nitrogens is 1. The average Bonchev–Trinajstić information content (AvgIpc) is 2.73. The molecule has 1 amide bonds. The Kier molecular flexibility index (Phi) is 5.47. The third-order valence-electron chi connectivity index (χ3n) is 6.22. The first-order valence-electron chi connectivity index (χ1n) is 10.2. The van der Waals surface area contributed by atoms with Gasteiger partial charge in [-0.15, -0.1) is 0 Å². The average molecular weight is 391 g/mol. The second-order valence-corrected chi connectivity index (χ2v) is 8.02. The van der Waals surface area contributed by atoms with Crippen LogP contribution in [0.5, 0.6) is 0 Å². The van der Waals surface area contributed by atoms with E-state index in [2.05, 4.69) is 17.2 Å². The molecule has 1 saturated carbocycles. The molecule has 29 heavy (non-hydrogen) atoms. The molecule has 3 N–H and O–H groups in total. The summed E-state index contributed by atoms with van der Waals surface area (Å²) in [5.74, 6) is 0.474. The maximum Gasteiger partial charge on any atom is 0.253 e. The number of benzene rings is 2. The molecule has 3 aromatic rings. The van der Waals surface area contributed by atoms with E-state index >= 15 is 0 Å². The van der Waals surface area contributed by atoms with Crippen molar-refractivity contribution in [1.29, 1.82) is 0 Å². The van der Waals surface area contributed by atoms with Crippen LogP contribution in [-0.2, 0) is 0 Å². The van der Waals surface area contributed by atoms with Crippen molar-refractivity contribution in [1.82, 2.24) is 10.3 Å². The number of nitrogens with two attached hydrogens (primary N) is 1. The van der Waals surface area contributed by atoms with Gasteiger partial charge in [0.05, 0.1) is 11.1 Å². The Morgan fingerprint density at radius 2 is 1.90 bits per heavy atom. The molecule has 1 aromatic heterocycles. The Bertz CT molecular complexity index is 1030. The molecule has 0 spiro atoms. The lowest BCUT2D eigenvalue weighted by Gasteiger charge is -2.33. The quantitative estimate of drug-likeness (QED) is 0.612. The first-order chi connectivity index (χ1) is 14.0. The summed E-state index contributed by atoms with van der Waals surface area (Å²) in [4.78, 5) is 16.9. The van der Waals surface area contributed by atoms with Gasteiger partial charge in [0.15, 0.2) is 0 Å². The van der Waals surface area contributed by atoms with Gasteiger partial charge >= 0.3 is 0 Å². The topological polar surface area (TPSA) is 68.0 Å². The maximum absolute atomic E-state index is 13.8. The summed E-state index contributed by atoms with van der Waals surface area (Å²) in [6.45, 7) is 2.07. The number of hydrogen-bond donors (Lipinski definition) is 2. The molecule has 1 heterocycles. The van der Waals surface area contributed by atoms with Crippen molar-refractivity contribution >= 4 is 22.5 Å². The highest BCUT2D eigenvalue weighted by Gasteiger charge is 2.28. The van der Waals surface area contributed by atoms with Crippen molar-refractivity contribution in [3.05, 3.63) is 71.7 Å². The standard InChI is InChI=1S/C24H26FN3O/c1-15(28-24(29)20-4-2-3-5-22(20)26)16-6-8-17(9-7-16)19-12-13-27-23-11-10-18(25)14-21(19)23/h2-5,10-17H,6-9,26H2,1H3,(H,28,29)/t15-,16?,17?/m1/s1. The summed E-state index contributed by atoms with van der Waals surface area (Å²) in [5.41, 5.74) is 8.97. The molecular formula is C24H26FN3O. The zero-order chi connectivity index (χ0) is 20.4. The fraction of sp³-hybridized carbons (Fsp3) is 0.333. The van der Waals surface area contributed by atoms with E-state index in [-0.39, 0.29) is 17.8 Å². The van der Waals surface area contributed by atoms with Gasteiger partial charge in [0.1, 0.15) is 5.82 Å². The van der Waals surface area contributed by atoms with Crippen LogP contribution < -0.4 is 11.1 Å². The Balaban J connectivity index is 1.41. The zero-order valence-electron chi connectivity index (χ0n) is 16.6. The molecule has 1 atom stereocenters. The van der Waals surface area contributed by atoms with E-state index in [1.807, 2.05) is 24.4 Å². The molecule has 0 saturated heterocycles. The van der Waals surface area contributed by atoms with E-state index in [1.165, 1.54) is 11.6 Å². The lowest BCUT2D eigenvalue weighted by molar-refractivity contribution is 0.0918. The normalized spacial score (nSPS) is 20.3. The van der Waals surface area contributed by atoms with E-state index in [1.54, 1.807) is 24.3 Å². The van der Waals surface area contributed by atoms with Crippen molar-refractivity contribution in [2.45, 2.75) is 44.6 Å². The number of rotatable bonds is 4. The maximum atomic E-state index is 13.8. The minimum Gasteiger partial charge on any atom is -0.398 e. The molecule has 5 heteroatoms. The first kappa shape index (κ1) is 19.4. The van der Waals surface area contributed by atoms with Crippen LogP contribution >= 0.6 is 0 Å². The number of halogens is 1. The summed E-state index contributed by atoms with van der Waals surface area (Å²) in [5, 5.41) is 4.03. The van der Waals surface area contributed by atoms with E-state index in [4.69, 9.17) is 5.73 Å². The Labute approximate surface area is 170 Å². The van der Waals surface area contributed by atoms with Crippen LogP contribution in [-0.4, -0.2) is 16.9 Å². The molecule has 0 aliphatic heterocycles. The first-order valence-corrected chi connectivity index (χ1v) is 10.2. The van der Waals surface area contributed by atoms with E-state index in [0.717, 1.165) is 36.6 Å². The van der Waals surface area contributed by atoms with Gasteiger partial charge in [-0.1, -0.05) is 12.1 Å². The van der Waals surface area contributed by atoms with Gasteiger partial charge in [-0.05, 0) is 86.4 Å². The van der Waals surface area contributed by atoms with Crippen molar-refractivity contribution in [3.8, 4) is 0 Å². The van der Waals surface area contributed by atoms with Gasteiger partial charge < -0.3 is 11.1 Å². The van der Waals surface area contributed by atoms with Crippen LogP contribution in [0.4, 0.5) is 10.1 Å². The van der Waals surface area contributed by atoms with Crippen molar-refractivity contribution in [3.63, 3.8) is 0 Å². The summed E-state index contributed by atoms with van der Waals surface area (Å²) < 4.78 is 13.8. The van der Waals surface area contributed by atoms with Crippen LogP contribution in [0.25, 0.3) is 10.9 Å². The van der Waals surface area contributed by atoms with Gasteiger partial charge in [0, 0.05) is 23.3 Å². The predicted molar refractivity (Wildman–Crippen MR) is 114 cm³/mol. The molecule has 4 rings (SSSR count). The highest BCUT2D eigenvalue weighted by atomic mass is 19.1. The highest BCUT2D eigenvalue weighted by molar-refractivity contribution is 5.99. The fourth-order valence-electron chi connectivity index (χ4n) is 4.53. The number of anilines is 1. The number of nitrogen functional groups attached to an aromatic ring is 1. The Hall–Kier alpha value is -2.95. The van der Waals surface area contributed by atoms with Crippen LogP contribution in [0, 0.1) is 11.7 Å². The number of pyridine rings is 1. The number of amides is 1. The van der Waals surface area contributed by atoms with Gasteiger partial charge in [-0.3, -0.25) is 9.78 Å². The number of carbonyl (C=O) groups is 1. The van der Waals surface area contributed by atoms with Crippen molar-refractivity contribution in [2.24, 2.45) is 5.92 Å². The number of nitrogens with one attached hydrogen (secondary N) is 1. The molecule has 1 fully saturated rings. The molecule has 0 unspecified atom stereocenters. The Morgan fingerprint density at radius 1 is 1.14 bits per heavy atom. The van der Waals surface area contributed by atoms with Gasteiger partial charge in [-0.25, -0.2) is 4.39 Å². The summed E-state index contributed by atoms with van der Waals surface area (Å²) in [7, 11) is 0. The largest absolute Gasteiger partial charge is 0.398 e. The Morgan fingerprint density at radius 3 is 2.66 bits per heavy atom. The highest BCUT2D eigenvalue weighted by Crippen LogP contribution is 2.39. The minimum atomic E-state index is -0.225. The lowest BCUT2D eigenvalue weighted by atomic mass is 9.75. The fourth-order valence-corrected chi connectivity index (χ4v) is 4.53. The molecule has 1 aliphatic rings. The van der Waals surface area contributed by atoms with E-state index in [9.17, 15) is 9.18 Å². The summed E-state index contributed by atoms with van der Waals surface area (Å²) >= 11 is 0. The minimum absolute atomic E-state index is 0.0784. The van der Waals surface area contributed by atoms with Crippen LogP contribution in [0.15, 0.2) is 54.7 Å². The van der Waals surface area contributed by atoms with Crippen LogP contribution in [0.1, 0.15) is 54.4 Å². The number of nitrogens with zero attached hydrogens (tertiary/aromatic N) is 1. The van der Waals surface area contributed by atoms with Gasteiger partial charge in [0.2, 0.25) is 0 Å². The third-order valence-corrected chi connectivity index (χ3v) is 6.22. The number of hydrogen-bond acceptors (Lipinski definition) is 3. The van der Waals surface area contributed by atoms with Gasteiger partial charge in [0.25, 0.3) is 5.91 Å². The van der Waals surface area contributed by atoms with Crippen LogP contribution in [0.3, 0.4) is 0 Å². The smallest absolute Gasteiger partial charge is 0.253 e. The monoisotopic (exact) mass is 391 g/mol. The SMILES string of the molecule is C[C@@H](NC(=O)c1ccccc1N)C1CCC(c2ccnc3ccc(F)cc23)CC1. The molecule has 0 radical (unpaired) electrons.